The Kier molecular flexibility index (Phi) is 7.85. The molecule has 0 saturated carbocycles. The maximum Gasteiger partial charge on any atom is 0.255 e. The lowest BCUT2D eigenvalue weighted by Gasteiger charge is -2.13. The number of nitrogens with one attached hydrogen (secondary N) is 2. The molecular formula is C23H20Cl2N2O3S. The Morgan fingerprint density at radius 2 is 1.61 bits per heavy atom. The average Bonchev–Trinajstić information content (AvgIpc) is 2.76. The summed E-state index contributed by atoms with van der Waals surface area (Å²) in [5, 5.41) is 6.12. The summed E-state index contributed by atoms with van der Waals surface area (Å²) in [7, 11) is 1.57. The normalized spacial score (nSPS) is 11.5. The van der Waals surface area contributed by atoms with Crippen LogP contribution in [-0.4, -0.2) is 24.2 Å². The van der Waals surface area contributed by atoms with Crippen LogP contribution in [0.25, 0.3) is 0 Å². The maximum absolute atomic E-state index is 12.5. The van der Waals surface area contributed by atoms with E-state index in [1.165, 1.54) is 11.8 Å². The molecule has 0 aliphatic rings. The van der Waals surface area contributed by atoms with E-state index < -0.39 is 0 Å². The number of carbonyl (C=O) groups is 2. The predicted octanol–water partition coefficient (Wildman–Crippen LogP) is 6.37. The molecular weight excluding hydrogens is 455 g/mol. The van der Waals surface area contributed by atoms with Gasteiger partial charge in [0.2, 0.25) is 5.91 Å². The third-order valence-electron chi connectivity index (χ3n) is 4.31. The van der Waals surface area contributed by atoms with Gasteiger partial charge < -0.3 is 15.4 Å². The summed E-state index contributed by atoms with van der Waals surface area (Å²) >= 11 is 13.3. The summed E-state index contributed by atoms with van der Waals surface area (Å²) in [5.74, 6) is 0.286. The molecule has 0 spiro atoms. The molecule has 3 aromatic carbocycles. The Hall–Kier alpha value is -2.67. The first-order chi connectivity index (χ1) is 14.9. The average molecular weight is 475 g/mol. The fourth-order valence-electron chi connectivity index (χ4n) is 2.67. The van der Waals surface area contributed by atoms with Gasteiger partial charge in [0.1, 0.15) is 5.75 Å². The van der Waals surface area contributed by atoms with Crippen molar-refractivity contribution in [3.63, 3.8) is 0 Å². The van der Waals surface area contributed by atoms with E-state index in [1.54, 1.807) is 62.6 Å². The van der Waals surface area contributed by atoms with Gasteiger partial charge in [0, 0.05) is 21.8 Å². The lowest BCUT2D eigenvalue weighted by molar-refractivity contribution is -0.115. The molecule has 3 rings (SSSR count). The van der Waals surface area contributed by atoms with Crippen molar-refractivity contribution in [2.24, 2.45) is 0 Å². The lowest BCUT2D eigenvalue weighted by Crippen LogP contribution is -2.22. The zero-order valence-corrected chi connectivity index (χ0v) is 19.1. The molecule has 0 saturated heterocycles. The fourth-order valence-corrected chi connectivity index (χ4v) is 3.89. The summed E-state index contributed by atoms with van der Waals surface area (Å²) in [4.78, 5) is 25.8. The van der Waals surface area contributed by atoms with Crippen LogP contribution in [0.5, 0.6) is 5.75 Å². The summed E-state index contributed by atoms with van der Waals surface area (Å²) in [5.41, 5.74) is 1.74. The van der Waals surface area contributed by atoms with Gasteiger partial charge in [-0.1, -0.05) is 29.3 Å². The van der Waals surface area contributed by atoms with Gasteiger partial charge in [-0.15, -0.1) is 11.8 Å². The molecule has 5 nitrogen and oxygen atoms in total. The summed E-state index contributed by atoms with van der Waals surface area (Å²) in [6, 6.07) is 19.1. The maximum atomic E-state index is 12.5. The molecule has 0 bridgehead atoms. The van der Waals surface area contributed by atoms with Crippen molar-refractivity contribution in [1.29, 1.82) is 0 Å². The van der Waals surface area contributed by atoms with Crippen molar-refractivity contribution in [3.8, 4) is 5.75 Å². The van der Waals surface area contributed by atoms with E-state index in [0.717, 1.165) is 4.90 Å². The molecule has 0 radical (unpaired) electrons. The minimum absolute atomic E-state index is 0.170. The van der Waals surface area contributed by atoms with Gasteiger partial charge in [-0.25, -0.2) is 0 Å². The molecule has 0 aliphatic heterocycles. The van der Waals surface area contributed by atoms with Crippen molar-refractivity contribution in [2.75, 3.05) is 17.7 Å². The van der Waals surface area contributed by atoms with Gasteiger partial charge in [0.15, 0.2) is 0 Å². The largest absolute Gasteiger partial charge is 0.497 e. The van der Waals surface area contributed by atoms with E-state index in [-0.39, 0.29) is 17.1 Å². The van der Waals surface area contributed by atoms with E-state index in [9.17, 15) is 9.59 Å². The third-order valence-corrected chi connectivity index (χ3v) is 6.15. The van der Waals surface area contributed by atoms with Crippen LogP contribution >= 0.6 is 35.0 Å². The lowest BCUT2D eigenvalue weighted by atomic mass is 10.2. The second kappa shape index (κ2) is 10.6. The predicted molar refractivity (Wildman–Crippen MR) is 128 cm³/mol. The molecule has 160 valence electrons. The zero-order chi connectivity index (χ0) is 22.4. The van der Waals surface area contributed by atoms with Crippen LogP contribution in [0.4, 0.5) is 11.4 Å². The second-order valence-electron chi connectivity index (χ2n) is 6.59. The number of ether oxygens (including phenoxy) is 1. The molecule has 1 atom stereocenters. The molecule has 8 heteroatoms. The van der Waals surface area contributed by atoms with Crippen LogP contribution < -0.4 is 15.4 Å². The third kappa shape index (κ3) is 6.40. The molecule has 0 aliphatic carbocycles. The number of amides is 2. The molecule has 2 N–H and O–H groups in total. The first kappa shape index (κ1) is 23.0. The standard InChI is InChI=1S/C23H20Cl2N2O3S/c1-14(22(28)26-17-8-11-20(24)21(25)13-17)31-19-5-3-4-16(12-19)27-23(29)15-6-9-18(30-2)10-7-15/h3-14H,1-2H3,(H,26,28)(H,27,29). The minimum atomic E-state index is -0.373. The van der Waals surface area contributed by atoms with Crippen LogP contribution in [0.1, 0.15) is 17.3 Å². The number of rotatable bonds is 7. The highest BCUT2D eigenvalue weighted by molar-refractivity contribution is 8.00. The topological polar surface area (TPSA) is 67.4 Å². The minimum Gasteiger partial charge on any atom is -0.497 e. The van der Waals surface area contributed by atoms with Gasteiger partial charge in [-0.2, -0.15) is 0 Å². The van der Waals surface area contributed by atoms with Crippen molar-refractivity contribution >= 4 is 58.2 Å². The molecule has 3 aromatic rings. The van der Waals surface area contributed by atoms with Crippen LogP contribution in [-0.2, 0) is 4.79 Å². The molecule has 0 fully saturated rings. The van der Waals surface area contributed by atoms with Crippen molar-refractivity contribution in [2.45, 2.75) is 17.1 Å². The second-order valence-corrected chi connectivity index (χ2v) is 8.82. The number of carbonyl (C=O) groups excluding carboxylic acids is 2. The van der Waals surface area contributed by atoms with Crippen molar-refractivity contribution < 1.29 is 14.3 Å². The Balaban J connectivity index is 1.61. The van der Waals surface area contributed by atoms with E-state index >= 15 is 0 Å². The van der Waals surface area contributed by atoms with Gasteiger partial charge in [0.25, 0.3) is 5.91 Å². The SMILES string of the molecule is COc1ccc(C(=O)Nc2cccc(SC(C)C(=O)Nc3ccc(Cl)c(Cl)c3)c2)cc1. The Morgan fingerprint density at radius 1 is 0.903 bits per heavy atom. The zero-order valence-electron chi connectivity index (χ0n) is 16.8. The number of hydrogen-bond acceptors (Lipinski definition) is 4. The van der Waals surface area contributed by atoms with Crippen molar-refractivity contribution in [3.05, 3.63) is 82.3 Å². The number of hydrogen-bond donors (Lipinski definition) is 2. The molecule has 1 unspecified atom stereocenters. The first-order valence-electron chi connectivity index (χ1n) is 9.34. The Morgan fingerprint density at radius 3 is 2.29 bits per heavy atom. The number of anilines is 2. The smallest absolute Gasteiger partial charge is 0.255 e. The summed E-state index contributed by atoms with van der Waals surface area (Å²) in [6.45, 7) is 1.81. The van der Waals surface area contributed by atoms with Gasteiger partial charge >= 0.3 is 0 Å². The highest BCUT2D eigenvalue weighted by Crippen LogP contribution is 2.28. The molecule has 2 amide bonds. The van der Waals surface area contributed by atoms with E-state index in [1.807, 2.05) is 18.2 Å². The van der Waals surface area contributed by atoms with E-state index in [2.05, 4.69) is 10.6 Å². The van der Waals surface area contributed by atoms with Crippen LogP contribution in [0.15, 0.2) is 71.6 Å². The Labute approximate surface area is 195 Å². The van der Waals surface area contributed by atoms with Gasteiger partial charge in [0.05, 0.1) is 22.4 Å². The monoisotopic (exact) mass is 474 g/mol. The molecule has 31 heavy (non-hydrogen) atoms. The van der Waals surface area contributed by atoms with Gasteiger partial charge in [-0.3, -0.25) is 9.59 Å². The molecule has 0 heterocycles. The Bertz CT molecular complexity index is 1090. The van der Waals surface area contributed by atoms with Gasteiger partial charge in [-0.05, 0) is 67.6 Å². The van der Waals surface area contributed by atoms with Crippen LogP contribution in [0.2, 0.25) is 10.0 Å². The highest BCUT2D eigenvalue weighted by atomic mass is 35.5. The number of halogens is 2. The number of thioether (sulfide) groups is 1. The highest BCUT2D eigenvalue weighted by Gasteiger charge is 2.16. The fraction of sp³-hybridized carbons (Fsp3) is 0.130. The van der Waals surface area contributed by atoms with Crippen molar-refractivity contribution in [1.82, 2.24) is 0 Å². The first-order valence-corrected chi connectivity index (χ1v) is 11.0. The van der Waals surface area contributed by atoms with Crippen LogP contribution in [0, 0.1) is 0 Å². The number of methoxy groups -OCH3 is 1. The molecule has 0 aromatic heterocycles. The number of benzene rings is 3. The van der Waals surface area contributed by atoms with E-state index in [0.29, 0.717) is 32.7 Å². The quantitative estimate of drug-likeness (QED) is 0.390. The summed E-state index contributed by atoms with van der Waals surface area (Å²) in [6.07, 6.45) is 0. The van der Waals surface area contributed by atoms with E-state index in [4.69, 9.17) is 27.9 Å². The summed E-state index contributed by atoms with van der Waals surface area (Å²) < 4.78 is 5.11. The van der Waals surface area contributed by atoms with Crippen LogP contribution in [0.3, 0.4) is 0 Å².